The second kappa shape index (κ2) is 5.40. The number of hydrogen-bond acceptors (Lipinski definition) is 4. The maximum Gasteiger partial charge on any atom is 0.336 e. The molecule has 0 amide bonds. The van der Waals surface area contributed by atoms with E-state index in [1.165, 1.54) is 4.88 Å². The van der Waals surface area contributed by atoms with Crippen molar-refractivity contribution in [1.82, 2.24) is 4.98 Å². The molecule has 1 atom stereocenters. The van der Waals surface area contributed by atoms with Crippen molar-refractivity contribution in [1.29, 1.82) is 0 Å². The Hall–Kier alpha value is -1.88. The van der Waals surface area contributed by atoms with Gasteiger partial charge in [0, 0.05) is 10.6 Å². The molecule has 0 fully saturated rings. The number of nitrogens with one attached hydrogen (secondary N) is 1. The minimum Gasteiger partial charge on any atom is -0.478 e. The summed E-state index contributed by atoms with van der Waals surface area (Å²) in [6, 6.07) is 5.38. The highest BCUT2D eigenvalue weighted by Crippen LogP contribution is 2.27. The van der Waals surface area contributed by atoms with Gasteiger partial charge in [0.05, 0.1) is 22.8 Å². The van der Waals surface area contributed by atoms with Crippen LogP contribution in [0.1, 0.15) is 39.5 Å². The van der Waals surface area contributed by atoms with Gasteiger partial charge in [-0.05, 0) is 38.5 Å². The molecular formula is C14H16N2O2S. The van der Waals surface area contributed by atoms with Crippen LogP contribution >= 0.6 is 11.3 Å². The molecule has 0 aliphatic carbocycles. The van der Waals surface area contributed by atoms with Gasteiger partial charge in [0.2, 0.25) is 0 Å². The number of aromatic nitrogens is 1. The Morgan fingerprint density at radius 3 is 2.74 bits per heavy atom. The van der Waals surface area contributed by atoms with Gasteiger partial charge >= 0.3 is 5.97 Å². The number of anilines is 1. The molecule has 1 heterocycles. The van der Waals surface area contributed by atoms with Crippen molar-refractivity contribution >= 4 is 23.0 Å². The van der Waals surface area contributed by atoms with E-state index < -0.39 is 5.97 Å². The highest BCUT2D eigenvalue weighted by atomic mass is 32.1. The molecule has 0 aliphatic heterocycles. The fourth-order valence-corrected chi connectivity index (χ4v) is 2.86. The second-order valence-corrected chi connectivity index (χ2v) is 5.34. The van der Waals surface area contributed by atoms with Gasteiger partial charge in [-0.15, -0.1) is 11.3 Å². The van der Waals surface area contributed by atoms with Crippen molar-refractivity contribution in [3.63, 3.8) is 0 Å². The predicted molar refractivity (Wildman–Crippen MR) is 77.0 cm³/mol. The lowest BCUT2D eigenvalue weighted by Crippen LogP contribution is -2.09. The molecule has 0 saturated heterocycles. The zero-order valence-electron chi connectivity index (χ0n) is 11.1. The summed E-state index contributed by atoms with van der Waals surface area (Å²) in [7, 11) is 0. The Labute approximate surface area is 116 Å². The van der Waals surface area contributed by atoms with E-state index in [-0.39, 0.29) is 6.04 Å². The third-order valence-electron chi connectivity index (χ3n) is 3.11. The lowest BCUT2D eigenvalue weighted by atomic mass is 10.1. The summed E-state index contributed by atoms with van der Waals surface area (Å²) in [4.78, 5) is 16.5. The molecule has 2 N–H and O–H groups in total. The average molecular weight is 276 g/mol. The van der Waals surface area contributed by atoms with Crippen LogP contribution in [0.25, 0.3) is 0 Å². The van der Waals surface area contributed by atoms with E-state index in [1.807, 2.05) is 32.3 Å². The third-order valence-corrected chi connectivity index (χ3v) is 4.23. The number of carbonyl (C=O) groups is 1. The van der Waals surface area contributed by atoms with Gasteiger partial charge in [-0.1, -0.05) is 6.07 Å². The van der Waals surface area contributed by atoms with Crippen molar-refractivity contribution in [3.8, 4) is 0 Å². The van der Waals surface area contributed by atoms with Crippen LogP contribution in [0.4, 0.5) is 5.69 Å². The Morgan fingerprint density at radius 1 is 1.42 bits per heavy atom. The summed E-state index contributed by atoms with van der Waals surface area (Å²) < 4.78 is 0. The van der Waals surface area contributed by atoms with Crippen LogP contribution in [0, 0.1) is 13.8 Å². The summed E-state index contributed by atoms with van der Waals surface area (Å²) in [5.41, 5.74) is 4.77. The van der Waals surface area contributed by atoms with Gasteiger partial charge in [-0.2, -0.15) is 0 Å². The van der Waals surface area contributed by atoms with Crippen molar-refractivity contribution in [3.05, 3.63) is 45.4 Å². The molecule has 0 radical (unpaired) electrons. The first kappa shape index (κ1) is 13.5. The zero-order valence-corrected chi connectivity index (χ0v) is 11.9. The average Bonchev–Trinajstić information content (AvgIpc) is 2.77. The van der Waals surface area contributed by atoms with Gasteiger partial charge in [0.1, 0.15) is 0 Å². The summed E-state index contributed by atoms with van der Waals surface area (Å²) in [5, 5.41) is 12.5. The number of aryl methyl sites for hydroxylation is 1. The van der Waals surface area contributed by atoms with E-state index in [9.17, 15) is 4.79 Å². The first-order valence-electron chi connectivity index (χ1n) is 6.00. The maximum absolute atomic E-state index is 11.1. The van der Waals surface area contributed by atoms with Crippen molar-refractivity contribution in [2.45, 2.75) is 26.8 Å². The molecule has 0 saturated carbocycles. The quantitative estimate of drug-likeness (QED) is 0.895. The van der Waals surface area contributed by atoms with Crippen LogP contribution in [-0.2, 0) is 0 Å². The van der Waals surface area contributed by atoms with E-state index >= 15 is 0 Å². The molecular weight excluding hydrogens is 260 g/mol. The summed E-state index contributed by atoms with van der Waals surface area (Å²) in [6.45, 7) is 5.84. The highest BCUT2D eigenvalue weighted by Gasteiger charge is 2.14. The molecule has 4 nitrogen and oxygen atoms in total. The van der Waals surface area contributed by atoms with Gasteiger partial charge in [0.25, 0.3) is 0 Å². The van der Waals surface area contributed by atoms with E-state index in [4.69, 9.17) is 5.11 Å². The number of nitrogens with zero attached hydrogens (tertiary/aromatic N) is 1. The second-order valence-electron chi connectivity index (χ2n) is 4.45. The van der Waals surface area contributed by atoms with Crippen molar-refractivity contribution in [2.24, 2.45) is 0 Å². The molecule has 0 bridgehead atoms. The molecule has 1 aromatic heterocycles. The number of hydrogen-bond donors (Lipinski definition) is 2. The van der Waals surface area contributed by atoms with E-state index in [2.05, 4.69) is 10.3 Å². The van der Waals surface area contributed by atoms with Crippen LogP contribution in [0.5, 0.6) is 0 Å². The molecule has 19 heavy (non-hydrogen) atoms. The molecule has 1 aromatic carbocycles. The monoisotopic (exact) mass is 276 g/mol. The minimum absolute atomic E-state index is 0.107. The lowest BCUT2D eigenvalue weighted by molar-refractivity contribution is 0.0696. The van der Waals surface area contributed by atoms with Crippen LogP contribution in [0.3, 0.4) is 0 Å². The molecule has 100 valence electrons. The summed E-state index contributed by atoms with van der Waals surface area (Å²) in [6.07, 6.45) is 0. The van der Waals surface area contributed by atoms with Crippen LogP contribution in [0.2, 0.25) is 0 Å². The number of benzene rings is 1. The highest BCUT2D eigenvalue weighted by molar-refractivity contribution is 7.09. The minimum atomic E-state index is -0.900. The third kappa shape index (κ3) is 2.76. The van der Waals surface area contributed by atoms with Crippen LogP contribution in [-0.4, -0.2) is 16.1 Å². The Morgan fingerprint density at radius 2 is 2.16 bits per heavy atom. The SMILES string of the molecule is Cc1ncsc1C(C)Nc1cccc(C(=O)O)c1C. The largest absolute Gasteiger partial charge is 0.478 e. The fraction of sp³-hybridized carbons (Fsp3) is 0.286. The van der Waals surface area contributed by atoms with E-state index in [0.717, 1.165) is 16.9 Å². The van der Waals surface area contributed by atoms with Crippen molar-refractivity contribution < 1.29 is 9.90 Å². The van der Waals surface area contributed by atoms with Crippen LogP contribution < -0.4 is 5.32 Å². The van der Waals surface area contributed by atoms with E-state index in [1.54, 1.807) is 23.5 Å². The Bertz CT molecular complexity index is 607. The standard InChI is InChI=1S/C14H16N2O2S/c1-8-11(14(17)18)5-4-6-12(8)16-10(3)13-9(2)15-7-19-13/h4-7,10,16H,1-3H3,(H,17,18). The first-order chi connectivity index (χ1) is 9.00. The maximum atomic E-state index is 11.1. The first-order valence-corrected chi connectivity index (χ1v) is 6.88. The molecule has 5 heteroatoms. The smallest absolute Gasteiger partial charge is 0.336 e. The van der Waals surface area contributed by atoms with Gasteiger partial charge in [0.15, 0.2) is 0 Å². The molecule has 0 spiro atoms. The summed E-state index contributed by atoms with van der Waals surface area (Å²) >= 11 is 1.60. The molecule has 1 unspecified atom stereocenters. The molecule has 2 aromatic rings. The number of carboxylic acids is 1. The van der Waals surface area contributed by atoms with Gasteiger partial charge < -0.3 is 10.4 Å². The normalized spacial score (nSPS) is 12.2. The zero-order chi connectivity index (χ0) is 14.0. The predicted octanol–water partition coefficient (Wildman–Crippen LogP) is 3.63. The van der Waals surface area contributed by atoms with E-state index in [0.29, 0.717) is 5.56 Å². The summed E-state index contributed by atoms with van der Waals surface area (Å²) in [5.74, 6) is -0.900. The topological polar surface area (TPSA) is 62.2 Å². The Balaban J connectivity index is 2.27. The molecule has 0 aliphatic rings. The Kier molecular flexibility index (Phi) is 3.85. The van der Waals surface area contributed by atoms with Gasteiger partial charge in [-0.25, -0.2) is 9.78 Å². The number of thiazole rings is 1. The van der Waals surface area contributed by atoms with Crippen molar-refractivity contribution in [2.75, 3.05) is 5.32 Å². The fourth-order valence-electron chi connectivity index (χ4n) is 2.05. The number of rotatable bonds is 4. The molecule has 2 rings (SSSR count). The van der Waals surface area contributed by atoms with Gasteiger partial charge in [-0.3, -0.25) is 0 Å². The number of carboxylic acid groups (broad SMARTS) is 1. The lowest BCUT2D eigenvalue weighted by Gasteiger charge is -2.17. The van der Waals surface area contributed by atoms with Crippen LogP contribution in [0.15, 0.2) is 23.7 Å². The number of aromatic carboxylic acids is 1.